The summed E-state index contributed by atoms with van der Waals surface area (Å²) in [5, 5.41) is 0. The van der Waals surface area contributed by atoms with E-state index in [1.54, 1.807) is 6.92 Å². The summed E-state index contributed by atoms with van der Waals surface area (Å²) in [6.07, 6.45) is 1.31. The Morgan fingerprint density at radius 3 is 2.50 bits per heavy atom. The third-order valence-electron chi connectivity index (χ3n) is 1.24. The van der Waals surface area contributed by atoms with Crippen LogP contribution in [0.25, 0.3) is 0 Å². The Morgan fingerprint density at radius 2 is 2.17 bits per heavy atom. The van der Waals surface area contributed by atoms with Gasteiger partial charge >= 0.3 is 5.97 Å². The van der Waals surface area contributed by atoms with Gasteiger partial charge in [-0.3, -0.25) is 9.59 Å². The minimum Gasteiger partial charge on any atom is -0.465 e. The smallest absolute Gasteiger partial charge is 0.320 e. The van der Waals surface area contributed by atoms with Crippen LogP contribution in [-0.2, 0) is 14.3 Å². The first kappa shape index (κ1) is 11.2. The summed E-state index contributed by atoms with van der Waals surface area (Å²) in [4.78, 5) is 21.9. The van der Waals surface area contributed by atoms with Crippen LogP contribution in [-0.4, -0.2) is 18.4 Å². The Hall–Kier alpha value is -0.830. The molecule has 1 unspecified atom stereocenters. The van der Waals surface area contributed by atoms with Gasteiger partial charge in [-0.25, -0.2) is 0 Å². The molecule has 68 valence electrons. The Bertz CT molecular complexity index is 198. The van der Waals surface area contributed by atoms with Gasteiger partial charge in [0.15, 0.2) is 0 Å². The maximum absolute atomic E-state index is 11.0. The molecule has 3 nitrogen and oxygen atoms in total. The van der Waals surface area contributed by atoms with Crippen molar-refractivity contribution in [3.05, 3.63) is 11.6 Å². The number of esters is 1. The normalized spacial score (nSPS) is 12.9. The van der Waals surface area contributed by atoms with E-state index in [9.17, 15) is 9.59 Å². The van der Waals surface area contributed by atoms with E-state index in [0.717, 1.165) is 5.54 Å². The van der Waals surface area contributed by atoms with Crippen LogP contribution >= 0.6 is 11.6 Å². The van der Waals surface area contributed by atoms with E-state index in [1.165, 1.54) is 13.0 Å². The molecule has 0 saturated carbocycles. The molecule has 0 aromatic heterocycles. The Balaban J connectivity index is 4.29. The van der Waals surface area contributed by atoms with Crippen molar-refractivity contribution in [2.45, 2.75) is 13.8 Å². The molecule has 0 saturated heterocycles. The molecule has 0 aliphatic heterocycles. The van der Waals surface area contributed by atoms with E-state index >= 15 is 0 Å². The van der Waals surface area contributed by atoms with E-state index in [1.807, 2.05) is 0 Å². The highest BCUT2D eigenvalue weighted by Crippen LogP contribution is 2.04. The lowest BCUT2D eigenvalue weighted by Gasteiger charge is -2.06. The summed E-state index contributed by atoms with van der Waals surface area (Å²) in [5.74, 6) is -1.69. The summed E-state index contributed by atoms with van der Waals surface area (Å²) in [6.45, 7) is 3.26. The Labute approximate surface area is 76.3 Å². The number of hydrogen-bond donors (Lipinski definition) is 0. The molecule has 0 bridgehead atoms. The van der Waals surface area contributed by atoms with Gasteiger partial charge in [0.2, 0.25) is 0 Å². The van der Waals surface area contributed by atoms with Gasteiger partial charge in [-0.05, 0) is 13.8 Å². The number of halogens is 1. The molecule has 0 N–H and O–H groups in total. The van der Waals surface area contributed by atoms with Crippen molar-refractivity contribution in [2.24, 2.45) is 5.92 Å². The average Bonchev–Trinajstić information content (AvgIpc) is 1.99. The first-order chi connectivity index (χ1) is 5.63. The zero-order valence-electron chi connectivity index (χ0n) is 7.04. The first-order valence-corrected chi connectivity index (χ1v) is 4.01. The standard InChI is InChI=1S/C8H11ClO3/c1-3-12-8(11)7(4-5-9)6(2)10/h4-5,7H,3H2,1-2H3. The Kier molecular flexibility index (Phi) is 5.37. The van der Waals surface area contributed by atoms with Gasteiger partial charge in [0.25, 0.3) is 0 Å². The van der Waals surface area contributed by atoms with E-state index in [0.29, 0.717) is 0 Å². The molecule has 0 radical (unpaired) electrons. The highest BCUT2D eigenvalue weighted by molar-refractivity contribution is 6.25. The number of Topliss-reactive ketones (excluding diaryl/α,β-unsaturated/α-hetero) is 1. The van der Waals surface area contributed by atoms with Crippen molar-refractivity contribution < 1.29 is 14.3 Å². The summed E-state index contributed by atoms with van der Waals surface area (Å²) in [5.41, 5.74) is 1.14. The summed E-state index contributed by atoms with van der Waals surface area (Å²) < 4.78 is 4.65. The van der Waals surface area contributed by atoms with E-state index in [4.69, 9.17) is 11.6 Å². The van der Waals surface area contributed by atoms with Crippen molar-refractivity contribution >= 4 is 23.4 Å². The molecule has 0 amide bonds. The molecule has 4 heteroatoms. The number of carbonyl (C=O) groups excluding carboxylic acids is 2. The molecule has 12 heavy (non-hydrogen) atoms. The minimum absolute atomic E-state index is 0.263. The van der Waals surface area contributed by atoms with Crippen LogP contribution in [0, 0.1) is 5.92 Å². The highest BCUT2D eigenvalue weighted by atomic mass is 35.5. The predicted octanol–water partition coefficient (Wildman–Crippen LogP) is 1.51. The van der Waals surface area contributed by atoms with E-state index < -0.39 is 11.9 Å². The van der Waals surface area contributed by atoms with Crippen molar-refractivity contribution in [1.82, 2.24) is 0 Å². The van der Waals surface area contributed by atoms with Crippen LogP contribution in [0.1, 0.15) is 13.8 Å². The number of hydrogen-bond acceptors (Lipinski definition) is 3. The number of carbonyl (C=O) groups is 2. The van der Waals surface area contributed by atoms with E-state index in [2.05, 4.69) is 4.74 Å². The molecule has 0 heterocycles. The zero-order chi connectivity index (χ0) is 9.56. The lowest BCUT2D eigenvalue weighted by Crippen LogP contribution is -2.22. The van der Waals surface area contributed by atoms with Gasteiger partial charge < -0.3 is 4.74 Å². The molecule has 0 aliphatic carbocycles. The molecule has 0 aromatic carbocycles. The average molecular weight is 191 g/mol. The van der Waals surface area contributed by atoms with Crippen molar-refractivity contribution in [3.8, 4) is 0 Å². The van der Waals surface area contributed by atoms with Crippen molar-refractivity contribution in [2.75, 3.05) is 6.61 Å². The van der Waals surface area contributed by atoms with Crippen molar-refractivity contribution in [1.29, 1.82) is 0 Å². The second-order valence-corrected chi connectivity index (χ2v) is 2.41. The van der Waals surface area contributed by atoms with Gasteiger partial charge in [-0.2, -0.15) is 0 Å². The number of ketones is 1. The largest absolute Gasteiger partial charge is 0.465 e. The summed E-state index contributed by atoms with van der Waals surface area (Å²) in [7, 11) is 0. The Morgan fingerprint density at radius 1 is 1.58 bits per heavy atom. The lowest BCUT2D eigenvalue weighted by molar-refractivity contribution is -0.149. The zero-order valence-corrected chi connectivity index (χ0v) is 7.80. The van der Waals surface area contributed by atoms with Crippen LogP contribution in [0.5, 0.6) is 0 Å². The molecule has 1 atom stereocenters. The number of ether oxygens (including phenoxy) is 1. The van der Waals surface area contributed by atoms with E-state index in [-0.39, 0.29) is 12.4 Å². The fraction of sp³-hybridized carbons (Fsp3) is 0.500. The molecule has 0 aliphatic rings. The van der Waals surface area contributed by atoms with Crippen LogP contribution < -0.4 is 0 Å². The molecule has 0 fully saturated rings. The fourth-order valence-electron chi connectivity index (χ4n) is 0.685. The summed E-state index contributed by atoms with van der Waals surface area (Å²) in [6, 6.07) is 0. The predicted molar refractivity (Wildman–Crippen MR) is 45.8 cm³/mol. The lowest BCUT2D eigenvalue weighted by atomic mass is 10.1. The molecular weight excluding hydrogens is 180 g/mol. The molecule has 0 aromatic rings. The van der Waals surface area contributed by atoms with Gasteiger partial charge in [0.05, 0.1) is 6.61 Å². The second-order valence-electron chi connectivity index (χ2n) is 2.16. The number of rotatable bonds is 4. The maximum atomic E-state index is 11.0. The maximum Gasteiger partial charge on any atom is 0.320 e. The first-order valence-electron chi connectivity index (χ1n) is 3.57. The highest BCUT2D eigenvalue weighted by Gasteiger charge is 2.20. The van der Waals surface area contributed by atoms with Gasteiger partial charge in [0.1, 0.15) is 11.7 Å². The third-order valence-corrected chi connectivity index (χ3v) is 1.39. The van der Waals surface area contributed by atoms with Crippen LogP contribution in [0.3, 0.4) is 0 Å². The van der Waals surface area contributed by atoms with Gasteiger partial charge in [-0.15, -0.1) is 0 Å². The third kappa shape index (κ3) is 3.53. The SMILES string of the molecule is CCOC(=O)C(C=CCl)C(C)=O. The minimum atomic E-state index is -0.859. The fourth-order valence-corrected chi connectivity index (χ4v) is 0.830. The van der Waals surface area contributed by atoms with Gasteiger partial charge in [0, 0.05) is 5.54 Å². The van der Waals surface area contributed by atoms with Gasteiger partial charge in [-0.1, -0.05) is 17.7 Å². The quantitative estimate of drug-likeness (QED) is 0.499. The van der Waals surface area contributed by atoms with Crippen LogP contribution in [0.15, 0.2) is 11.6 Å². The molecular formula is C8H11ClO3. The second kappa shape index (κ2) is 5.77. The van der Waals surface area contributed by atoms with Crippen molar-refractivity contribution in [3.63, 3.8) is 0 Å². The monoisotopic (exact) mass is 190 g/mol. The molecule has 0 rings (SSSR count). The molecule has 0 spiro atoms. The topological polar surface area (TPSA) is 43.4 Å². The summed E-state index contributed by atoms with van der Waals surface area (Å²) >= 11 is 5.24. The van der Waals surface area contributed by atoms with Crippen LogP contribution in [0.2, 0.25) is 0 Å². The van der Waals surface area contributed by atoms with Crippen LogP contribution in [0.4, 0.5) is 0 Å².